The summed E-state index contributed by atoms with van der Waals surface area (Å²) in [6.45, 7) is 1.19. The van der Waals surface area contributed by atoms with Crippen molar-refractivity contribution in [2.45, 2.75) is 208 Å². The number of aromatic hydroxyl groups is 1. The average Bonchev–Trinajstić information content (AvgIpc) is 1.68. The van der Waals surface area contributed by atoms with E-state index in [1.54, 1.807) is 48.8 Å². The number of aliphatic hydroxyl groups is 2. The van der Waals surface area contributed by atoms with Gasteiger partial charge in [-0.25, -0.2) is 4.68 Å². The summed E-state index contributed by atoms with van der Waals surface area (Å²) in [6.07, 6.45) is 2.13. The van der Waals surface area contributed by atoms with Gasteiger partial charge in [-0.1, -0.05) is 88.1 Å². The smallest absolute Gasteiger partial charge is 0.248 e. The van der Waals surface area contributed by atoms with Gasteiger partial charge < -0.3 is 126 Å². The summed E-state index contributed by atoms with van der Waals surface area (Å²) in [5.74, 6) is -16.2. The topological polar surface area (TPSA) is 656 Å². The van der Waals surface area contributed by atoms with Crippen LogP contribution in [0.3, 0.4) is 0 Å². The van der Waals surface area contributed by atoms with Gasteiger partial charge in [0, 0.05) is 98.9 Å². The molecule has 0 spiro atoms. The maximum absolute atomic E-state index is 15.7. The number of phenolic OH excluding ortho intramolecular Hbond substituents is 1. The summed E-state index contributed by atoms with van der Waals surface area (Å²) in [5, 5.41) is 73.1. The minimum absolute atomic E-state index is 0.00959. The van der Waals surface area contributed by atoms with Crippen LogP contribution in [0.15, 0.2) is 85.2 Å². The number of nitrogens with two attached hydrogens (primary N) is 4. The van der Waals surface area contributed by atoms with Crippen LogP contribution in [0.2, 0.25) is 0 Å². The van der Waals surface area contributed by atoms with Crippen molar-refractivity contribution in [3.63, 3.8) is 0 Å². The van der Waals surface area contributed by atoms with Gasteiger partial charge in [0.2, 0.25) is 94.5 Å². The molecule has 45 heteroatoms. The number of phenols is 1. The van der Waals surface area contributed by atoms with Crippen LogP contribution in [0, 0.1) is 0 Å². The van der Waals surface area contributed by atoms with Gasteiger partial charge in [0.25, 0.3) is 0 Å². The number of H-pyrrole nitrogens is 2. The van der Waals surface area contributed by atoms with Crippen molar-refractivity contribution >= 4 is 128 Å². The van der Waals surface area contributed by atoms with E-state index in [0.29, 0.717) is 64.2 Å². The van der Waals surface area contributed by atoms with E-state index in [9.17, 15) is 68.1 Å². The second-order valence-electron chi connectivity index (χ2n) is 32.5. The molecular weight excluding hydrogens is 1700 g/mol. The predicted octanol–water partition coefficient (Wildman–Crippen LogP) is -5.03. The summed E-state index contributed by atoms with van der Waals surface area (Å²) in [6, 6.07) is -1.43. The highest BCUT2D eigenvalue weighted by atomic mass is 32.2. The molecular formula is C84H116N24O20S. The lowest BCUT2D eigenvalue weighted by Crippen LogP contribution is -2.63. The SMILES string of the molecule is CCCC[C@H]1C(=O)N[C@@H](CCCN)C(=O)NC(C(=O)NCC(N)=O)CSCC(=O)N[C@@H](Cc2ccc(O)cc2)C(=O)N2CCOC[C@H]2C(=O)N[C@@H](CC(N)=O)C(=O)N2CCC[C@H]2C(=O)N[C@@H](CN)C(=O)N[C@@H](C)C(=O)N2C[C@H](O)C[C@H]2C(=O)N[C@@H](Cc2c[nH]c3ccccc23)C(=O)N[C@@H](CO)C(=O)N[C@@H](Cc2c[nH]c3ccccc23)c2nnnn2[C@@H](CCCC)C(=O)N1C. The number of hydrogen-bond donors (Lipinski definition) is 19. The fraction of sp³-hybridized carbons (Fsp3) is 0.536. The molecule has 3 aromatic heterocycles. The molecule has 0 radical (unpaired) electrons. The normalized spacial score (nSPS) is 25.7. The van der Waals surface area contributed by atoms with E-state index in [4.69, 9.17) is 27.7 Å². The van der Waals surface area contributed by atoms with Gasteiger partial charge in [0.15, 0.2) is 5.82 Å². The Bertz CT molecular complexity index is 5010. The minimum Gasteiger partial charge on any atom is -0.508 e. The van der Waals surface area contributed by atoms with Crippen LogP contribution in [0.4, 0.5) is 0 Å². The first-order chi connectivity index (χ1) is 61.8. The number of morpholine rings is 1. The molecule has 15 atom stereocenters. The Kier molecular flexibility index (Phi) is 35.8. The zero-order chi connectivity index (χ0) is 93.3. The van der Waals surface area contributed by atoms with Crippen molar-refractivity contribution in [3.05, 3.63) is 108 Å². The molecule has 6 aromatic rings. The largest absolute Gasteiger partial charge is 0.508 e. The third kappa shape index (κ3) is 25.8. The van der Waals surface area contributed by atoms with Crippen LogP contribution in [0.25, 0.3) is 21.8 Å². The number of carbonyl (C=O) groups is 16. The molecule has 4 aliphatic heterocycles. The quantitative estimate of drug-likeness (QED) is 0.0302. The van der Waals surface area contributed by atoms with Crippen molar-refractivity contribution in [2.75, 3.05) is 77.6 Å². The highest BCUT2D eigenvalue weighted by Crippen LogP contribution is 2.31. The fourth-order valence-electron chi connectivity index (χ4n) is 16.2. The third-order valence-corrected chi connectivity index (χ3v) is 24.2. The summed E-state index contributed by atoms with van der Waals surface area (Å²) in [4.78, 5) is 243. The average molecular weight is 1810 g/mol. The second-order valence-corrected chi connectivity index (χ2v) is 33.5. The van der Waals surface area contributed by atoms with Gasteiger partial charge in [-0.3, -0.25) is 76.7 Å². The maximum Gasteiger partial charge on any atom is 0.248 e. The number of primary amides is 2. The van der Waals surface area contributed by atoms with Crippen LogP contribution in [0.1, 0.15) is 132 Å². The van der Waals surface area contributed by atoms with E-state index >= 15 is 24.0 Å². The van der Waals surface area contributed by atoms with E-state index in [-0.39, 0.29) is 102 Å². The van der Waals surface area contributed by atoms with Crippen LogP contribution >= 0.6 is 11.8 Å². The molecule has 0 saturated carbocycles. The van der Waals surface area contributed by atoms with Gasteiger partial charge in [-0.2, -0.15) is 0 Å². The number of likely N-dealkylation sites (N-methyl/N-ethyl adjacent to an activating group) is 1. The maximum atomic E-state index is 15.7. The molecule has 129 heavy (non-hydrogen) atoms. The van der Waals surface area contributed by atoms with Crippen molar-refractivity contribution in [3.8, 4) is 5.75 Å². The van der Waals surface area contributed by atoms with Crippen LogP contribution in [-0.2, 0) is 101 Å². The monoisotopic (exact) mass is 1810 g/mol. The lowest BCUT2D eigenvalue weighted by Gasteiger charge is -2.37. The van der Waals surface area contributed by atoms with E-state index in [1.165, 1.54) is 47.8 Å². The first kappa shape index (κ1) is 98.5. The van der Waals surface area contributed by atoms with Gasteiger partial charge in [-0.05, 0) is 103 Å². The molecule has 23 N–H and O–H groups in total. The predicted molar refractivity (Wildman–Crippen MR) is 465 cm³/mol. The number of nitrogens with one attached hydrogen (secondary N) is 12. The van der Waals surface area contributed by atoms with E-state index in [2.05, 4.69) is 78.7 Å². The number of rotatable bonds is 22. The molecule has 3 saturated heterocycles. The number of amides is 16. The Labute approximate surface area is 746 Å². The number of aromatic amines is 2. The molecule has 0 bridgehead atoms. The van der Waals surface area contributed by atoms with E-state index in [0.717, 1.165) is 26.5 Å². The fourth-order valence-corrected chi connectivity index (χ4v) is 17.1. The first-order valence-electron chi connectivity index (χ1n) is 43.1. The van der Waals surface area contributed by atoms with E-state index in [1.807, 2.05) is 26.0 Å². The number of unbranched alkanes of at least 4 members (excludes halogenated alkanes) is 2. The van der Waals surface area contributed by atoms with Crippen LogP contribution in [-0.4, -0.2) is 316 Å². The Hall–Kier alpha value is -12.7. The van der Waals surface area contributed by atoms with Crippen molar-refractivity contribution in [1.29, 1.82) is 0 Å². The number of hydrogen-bond acceptors (Lipinski definition) is 26. The minimum atomic E-state index is -1.82. The molecule has 4 aliphatic rings. The first-order valence-corrected chi connectivity index (χ1v) is 44.3. The summed E-state index contributed by atoms with van der Waals surface area (Å²) in [7, 11) is 1.39. The van der Waals surface area contributed by atoms with Gasteiger partial charge in [0.1, 0.15) is 84.3 Å². The van der Waals surface area contributed by atoms with Gasteiger partial charge in [0.05, 0.1) is 50.7 Å². The number of fused-ring (bicyclic) bond motifs is 6. The van der Waals surface area contributed by atoms with E-state index < -0.39 is 236 Å². The molecule has 3 fully saturated rings. The standard InChI is InChI=1S/C84H116N24O20S/c1-5-7-20-63-77(120)94-55(19-13-27-85)73(116)100-62(72(115)91-39-69(88)113)43-129-44-70(114)93-58(31-46-23-25-49(110)26-24-46)82(125)106-29-30-128-42-67(106)80(123)97-59(35-68(87)112)83(126)105-28-14-22-64(105)78(121)98-60(36-86)75(118)92-45(3)81(124)107-40-50(111)34-66(107)79(122)96-57(33-48-38-90-54-18-12-10-16-52(48)54)74(117)99-61(41-109)76(119)95-56(32-47-37-89-53-17-11-9-15-51(47)53)71-101-102-103-108(71)65(21-8-6-2)84(127)104(63)4/h9-12,15-18,23-26,37-38,45,50,55-67,89-90,109-111H,5-8,13-14,19-22,27-36,39-44,85-86H2,1-4H3,(H2,87,112)(H2,88,113)(H,91,115)(H,92,118)(H,93,114)(H,94,120)(H,95,119)(H,96,122)(H,97,123)(H,98,121)(H,99,117)(H,100,116)/t45-,50+,55-,56-,57-,58-,59-,60-,61-,62?,63-,64-,65-,66-,67-/m0/s1. The molecule has 16 amide bonds. The molecule has 1 unspecified atom stereocenters. The Morgan fingerprint density at radius 2 is 1.16 bits per heavy atom. The Morgan fingerprint density at radius 3 is 1.80 bits per heavy atom. The molecule has 44 nitrogen and oxygen atoms in total. The van der Waals surface area contributed by atoms with Gasteiger partial charge >= 0.3 is 0 Å². The Morgan fingerprint density at radius 1 is 0.581 bits per heavy atom. The second kappa shape index (κ2) is 46.8. The zero-order valence-corrected chi connectivity index (χ0v) is 73.0. The Balaban J connectivity index is 1.00. The number of tetrazole rings is 1. The third-order valence-electron chi connectivity index (χ3n) is 23.1. The molecule has 10 rings (SSSR count). The van der Waals surface area contributed by atoms with Crippen molar-refractivity contribution in [2.24, 2.45) is 22.9 Å². The highest BCUT2D eigenvalue weighted by Gasteiger charge is 2.47. The lowest BCUT2D eigenvalue weighted by atomic mass is 10.0. The summed E-state index contributed by atoms with van der Waals surface area (Å²) < 4.78 is 6.92. The van der Waals surface area contributed by atoms with Crippen LogP contribution in [0.5, 0.6) is 5.75 Å². The summed E-state index contributed by atoms with van der Waals surface area (Å²) >= 11 is 0.787. The highest BCUT2D eigenvalue weighted by molar-refractivity contribution is 8.00. The molecule has 7 heterocycles. The molecule has 698 valence electrons. The number of thioether (sulfide) groups is 1. The van der Waals surface area contributed by atoms with Gasteiger partial charge in [-0.15, -0.1) is 16.9 Å². The molecule has 3 aromatic carbocycles. The number of para-hydroxylation sites is 2. The number of carbonyl (C=O) groups excluding carboxylic acids is 16. The zero-order valence-electron chi connectivity index (χ0n) is 72.2. The lowest BCUT2D eigenvalue weighted by molar-refractivity contribution is -0.152. The van der Waals surface area contributed by atoms with Crippen LogP contribution < -0.4 is 76.1 Å². The van der Waals surface area contributed by atoms with Crippen molar-refractivity contribution < 1.29 is 96.8 Å². The molecule has 0 aliphatic carbocycles. The van der Waals surface area contributed by atoms with Crippen molar-refractivity contribution in [1.82, 2.24) is 103 Å². The number of ether oxygens (including phenoxy) is 1. The summed E-state index contributed by atoms with van der Waals surface area (Å²) in [5.41, 5.74) is 26.1. The number of aromatic nitrogens is 6. The number of nitrogens with zero attached hydrogens (tertiary/aromatic N) is 8. The number of benzene rings is 3. The number of aliphatic hydroxyl groups excluding tert-OH is 2.